The standard InChI is InChI=1S/C25H17Cl2N5O/c1-14-21-22(15-11-12-17(26)18(27)13-15)31-20-10-6-5-9-19(20)28-25(33)24(31)29-23(21)32(30-14)16-7-3-2-4-8-16/h2-13,22H,1H3,(H,28,33). The van der Waals surface area contributed by atoms with Crippen LogP contribution in [-0.2, 0) is 4.79 Å². The number of amides is 1. The fourth-order valence-corrected chi connectivity index (χ4v) is 4.80. The molecule has 6 rings (SSSR count). The van der Waals surface area contributed by atoms with Crippen LogP contribution in [0.4, 0.5) is 17.2 Å². The minimum Gasteiger partial charge on any atom is -0.317 e. The van der Waals surface area contributed by atoms with Crippen molar-refractivity contribution in [3.8, 4) is 5.69 Å². The number of aromatic nitrogens is 2. The number of hydrogen-bond acceptors (Lipinski definition) is 4. The molecule has 1 amide bonds. The number of para-hydroxylation sites is 3. The first-order valence-corrected chi connectivity index (χ1v) is 11.2. The van der Waals surface area contributed by atoms with Crippen LogP contribution in [0, 0.1) is 6.92 Å². The van der Waals surface area contributed by atoms with Gasteiger partial charge >= 0.3 is 0 Å². The lowest BCUT2D eigenvalue weighted by molar-refractivity contribution is -0.110. The zero-order valence-electron chi connectivity index (χ0n) is 17.5. The largest absolute Gasteiger partial charge is 0.317 e. The molecule has 8 heteroatoms. The number of aryl methyl sites for hydroxylation is 1. The van der Waals surface area contributed by atoms with Crippen LogP contribution < -0.4 is 10.2 Å². The SMILES string of the molecule is Cc1nn(-c2ccccc2)c2c1C(c1ccc(Cl)c(Cl)c1)N1C(=N2)C(=O)Nc2ccccc21. The molecule has 1 aromatic heterocycles. The van der Waals surface area contributed by atoms with Gasteiger partial charge in [-0.2, -0.15) is 5.10 Å². The second-order valence-corrected chi connectivity index (χ2v) is 8.74. The first-order chi connectivity index (χ1) is 16.0. The lowest BCUT2D eigenvalue weighted by atomic mass is 9.93. The van der Waals surface area contributed by atoms with E-state index in [1.54, 1.807) is 10.7 Å². The van der Waals surface area contributed by atoms with Gasteiger partial charge in [-0.05, 0) is 48.9 Å². The molecule has 3 aromatic carbocycles. The minimum atomic E-state index is -0.369. The van der Waals surface area contributed by atoms with Gasteiger partial charge < -0.3 is 10.2 Å². The Kier molecular flexibility index (Phi) is 4.54. The maximum absolute atomic E-state index is 13.2. The van der Waals surface area contributed by atoms with Crippen LogP contribution in [0.2, 0.25) is 10.0 Å². The van der Waals surface area contributed by atoms with E-state index in [1.807, 2.05) is 78.6 Å². The molecule has 0 saturated carbocycles. The van der Waals surface area contributed by atoms with Crippen LogP contribution in [0.1, 0.15) is 22.9 Å². The van der Waals surface area contributed by atoms with Gasteiger partial charge in [-0.3, -0.25) is 4.79 Å². The number of carbonyl (C=O) groups is 1. The van der Waals surface area contributed by atoms with Crippen LogP contribution in [0.25, 0.3) is 5.69 Å². The summed E-state index contributed by atoms with van der Waals surface area (Å²) in [6, 6.07) is 22.6. The molecule has 162 valence electrons. The van der Waals surface area contributed by atoms with Gasteiger partial charge in [0, 0.05) is 5.56 Å². The predicted octanol–water partition coefficient (Wildman–Crippen LogP) is 6.08. The molecule has 2 aliphatic heterocycles. The highest BCUT2D eigenvalue weighted by Gasteiger charge is 2.42. The number of hydrogen-bond donors (Lipinski definition) is 1. The second-order valence-electron chi connectivity index (χ2n) is 7.92. The number of amidine groups is 1. The Bertz CT molecular complexity index is 1460. The van der Waals surface area contributed by atoms with Gasteiger partial charge in [0.1, 0.15) is 0 Å². The Morgan fingerprint density at radius 3 is 2.48 bits per heavy atom. The molecule has 4 aromatic rings. The van der Waals surface area contributed by atoms with Gasteiger partial charge in [0.15, 0.2) is 5.82 Å². The third kappa shape index (κ3) is 3.06. The van der Waals surface area contributed by atoms with E-state index in [1.165, 1.54) is 0 Å². The molecule has 0 bridgehead atoms. The van der Waals surface area contributed by atoms with E-state index in [-0.39, 0.29) is 11.9 Å². The maximum atomic E-state index is 13.2. The molecule has 3 heterocycles. The van der Waals surface area contributed by atoms with E-state index < -0.39 is 0 Å². The van der Waals surface area contributed by atoms with E-state index in [9.17, 15) is 4.79 Å². The second kappa shape index (κ2) is 7.47. The highest BCUT2D eigenvalue weighted by Crippen LogP contribution is 2.47. The summed E-state index contributed by atoms with van der Waals surface area (Å²) in [5.41, 5.74) is 5.05. The smallest absolute Gasteiger partial charge is 0.291 e. The van der Waals surface area contributed by atoms with Crippen LogP contribution in [0.3, 0.4) is 0 Å². The topological polar surface area (TPSA) is 62.5 Å². The molecule has 1 atom stereocenters. The van der Waals surface area contributed by atoms with Crippen LogP contribution >= 0.6 is 23.2 Å². The van der Waals surface area contributed by atoms with Crippen molar-refractivity contribution < 1.29 is 4.79 Å². The number of rotatable bonds is 2. The number of nitrogens with zero attached hydrogens (tertiary/aromatic N) is 4. The Balaban J connectivity index is 1.67. The molecular formula is C25H17Cl2N5O. The van der Waals surface area contributed by atoms with Crippen molar-refractivity contribution in [1.29, 1.82) is 0 Å². The molecule has 0 aliphatic carbocycles. The van der Waals surface area contributed by atoms with E-state index >= 15 is 0 Å². The first-order valence-electron chi connectivity index (χ1n) is 10.4. The van der Waals surface area contributed by atoms with E-state index in [2.05, 4.69) is 5.32 Å². The first kappa shape index (κ1) is 20.0. The summed E-state index contributed by atoms with van der Waals surface area (Å²) < 4.78 is 1.79. The Morgan fingerprint density at radius 2 is 1.70 bits per heavy atom. The van der Waals surface area contributed by atoms with Crippen LogP contribution in [-0.4, -0.2) is 21.5 Å². The molecule has 1 unspecified atom stereocenters. The van der Waals surface area contributed by atoms with Gasteiger partial charge in [-0.25, -0.2) is 9.67 Å². The molecule has 33 heavy (non-hydrogen) atoms. The quantitative estimate of drug-likeness (QED) is 0.383. The molecule has 2 aliphatic rings. The average molecular weight is 474 g/mol. The van der Waals surface area contributed by atoms with Gasteiger partial charge in [0.2, 0.25) is 5.84 Å². The van der Waals surface area contributed by atoms with Crippen molar-refractivity contribution in [3.05, 3.63) is 99.7 Å². The number of fused-ring (bicyclic) bond motifs is 4. The molecule has 0 spiro atoms. The summed E-state index contributed by atoms with van der Waals surface area (Å²) in [6.45, 7) is 1.96. The van der Waals surface area contributed by atoms with E-state index in [4.69, 9.17) is 33.3 Å². The van der Waals surface area contributed by atoms with Gasteiger partial charge in [-0.15, -0.1) is 0 Å². The fourth-order valence-electron chi connectivity index (χ4n) is 4.49. The van der Waals surface area contributed by atoms with Crippen molar-refractivity contribution in [1.82, 2.24) is 9.78 Å². The summed E-state index contributed by atoms with van der Waals surface area (Å²) in [6.07, 6.45) is 0. The van der Waals surface area contributed by atoms with Gasteiger partial charge in [-0.1, -0.05) is 59.6 Å². The summed E-state index contributed by atoms with van der Waals surface area (Å²) in [4.78, 5) is 20.0. The Morgan fingerprint density at radius 1 is 0.939 bits per heavy atom. The normalized spacial score (nSPS) is 16.5. The van der Waals surface area contributed by atoms with E-state index in [0.29, 0.717) is 21.7 Å². The minimum absolute atomic E-state index is 0.275. The van der Waals surface area contributed by atoms with Crippen LogP contribution in [0.5, 0.6) is 0 Å². The molecule has 1 N–H and O–H groups in total. The molecule has 0 saturated heterocycles. The highest BCUT2D eigenvalue weighted by atomic mass is 35.5. The van der Waals surface area contributed by atoms with Gasteiger partial charge in [0.05, 0.1) is 38.8 Å². The average Bonchev–Trinajstić information content (AvgIpc) is 3.16. The zero-order valence-corrected chi connectivity index (χ0v) is 19.0. The monoisotopic (exact) mass is 473 g/mol. The van der Waals surface area contributed by atoms with Gasteiger partial charge in [0.25, 0.3) is 5.91 Å². The molecular weight excluding hydrogens is 457 g/mol. The number of nitrogens with one attached hydrogen (secondary N) is 1. The fraction of sp³-hybridized carbons (Fsp3) is 0.0800. The van der Waals surface area contributed by atoms with Crippen LogP contribution in [0.15, 0.2) is 77.8 Å². The van der Waals surface area contributed by atoms with Crippen molar-refractivity contribution in [2.24, 2.45) is 4.99 Å². The Labute approximate surface area is 200 Å². The predicted molar refractivity (Wildman–Crippen MR) is 131 cm³/mol. The van der Waals surface area contributed by atoms with Crippen molar-refractivity contribution in [3.63, 3.8) is 0 Å². The molecule has 6 nitrogen and oxygen atoms in total. The summed E-state index contributed by atoms with van der Waals surface area (Å²) in [5, 5.41) is 8.69. The van der Waals surface area contributed by atoms with E-state index in [0.717, 1.165) is 33.9 Å². The lowest BCUT2D eigenvalue weighted by Crippen LogP contribution is -2.48. The number of anilines is 2. The summed E-state index contributed by atoms with van der Waals surface area (Å²) >= 11 is 12.7. The third-order valence-electron chi connectivity index (χ3n) is 5.93. The number of benzene rings is 3. The molecule has 0 radical (unpaired) electrons. The summed E-state index contributed by atoms with van der Waals surface area (Å²) in [5.74, 6) is 0.646. The maximum Gasteiger partial charge on any atom is 0.291 e. The number of carbonyl (C=O) groups excluding carboxylic acids is 1. The van der Waals surface area contributed by atoms with Crippen molar-refractivity contribution in [2.45, 2.75) is 13.0 Å². The lowest BCUT2D eigenvalue weighted by Gasteiger charge is -2.40. The number of halogens is 2. The molecule has 0 fully saturated rings. The number of aliphatic imine (C=N–C) groups is 1. The zero-order chi connectivity index (χ0) is 22.7. The highest BCUT2D eigenvalue weighted by molar-refractivity contribution is 6.50. The third-order valence-corrected chi connectivity index (χ3v) is 6.67. The summed E-state index contributed by atoms with van der Waals surface area (Å²) in [7, 11) is 0. The van der Waals surface area contributed by atoms with Crippen molar-refractivity contribution >= 4 is 52.1 Å². The Hall–Kier alpha value is -3.61. The van der Waals surface area contributed by atoms with Crippen molar-refractivity contribution in [2.75, 3.05) is 10.2 Å².